The lowest BCUT2D eigenvalue weighted by Gasteiger charge is -2.10. The van der Waals surface area contributed by atoms with E-state index in [1.54, 1.807) is 18.4 Å². The van der Waals surface area contributed by atoms with Crippen molar-refractivity contribution in [2.24, 2.45) is 7.05 Å². The summed E-state index contributed by atoms with van der Waals surface area (Å²) in [7, 11) is 1.69. The molecule has 2 aromatic heterocycles. The molecule has 7 heteroatoms. The molecule has 0 aliphatic heterocycles. The van der Waals surface area contributed by atoms with E-state index in [9.17, 15) is 4.79 Å². The molecule has 0 aliphatic rings. The van der Waals surface area contributed by atoms with Crippen molar-refractivity contribution in [1.29, 1.82) is 0 Å². The summed E-state index contributed by atoms with van der Waals surface area (Å²) < 4.78 is 1.47. The minimum Gasteiger partial charge on any atom is -0.350 e. The Hall–Kier alpha value is -1.40. The molecular formula is C12H15ClN4OS. The molecule has 2 rings (SSSR count). The maximum absolute atomic E-state index is 12.0. The summed E-state index contributed by atoms with van der Waals surface area (Å²) in [5, 5.41) is 10.2. The van der Waals surface area contributed by atoms with Crippen LogP contribution in [0.5, 0.6) is 0 Å². The van der Waals surface area contributed by atoms with Gasteiger partial charge in [0.05, 0.1) is 16.2 Å². The van der Waals surface area contributed by atoms with Gasteiger partial charge in [0.25, 0.3) is 5.91 Å². The molecule has 0 spiro atoms. The van der Waals surface area contributed by atoms with Crippen LogP contribution in [0.1, 0.15) is 34.0 Å². The van der Waals surface area contributed by atoms with Crippen molar-refractivity contribution in [3.63, 3.8) is 0 Å². The number of carbonyl (C=O) groups excluding carboxylic acids is 1. The van der Waals surface area contributed by atoms with Crippen LogP contribution in [-0.4, -0.2) is 27.2 Å². The predicted molar refractivity (Wildman–Crippen MR) is 75.8 cm³/mol. The zero-order valence-corrected chi connectivity index (χ0v) is 12.5. The van der Waals surface area contributed by atoms with E-state index in [-0.39, 0.29) is 11.8 Å². The third-order valence-corrected chi connectivity index (χ3v) is 4.21. The van der Waals surface area contributed by atoms with Crippen molar-refractivity contribution in [2.45, 2.75) is 19.8 Å². The lowest BCUT2D eigenvalue weighted by molar-refractivity contribution is 0.0942. The molecule has 1 N–H and O–H groups in total. The number of aryl methyl sites for hydroxylation is 2. The molecule has 0 saturated carbocycles. The van der Waals surface area contributed by atoms with Gasteiger partial charge in [0.2, 0.25) is 0 Å². The fourth-order valence-corrected chi connectivity index (χ4v) is 2.79. The average Bonchev–Trinajstić information content (AvgIpc) is 2.93. The summed E-state index contributed by atoms with van der Waals surface area (Å²) in [5.41, 5.74) is 1.39. The molecule has 19 heavy (non-hydrogen) atoms. The highest BCUT2D eigenvalue weighted by Crippen LogP contribution is 2.19. The molecule has 0 bridgehead atoms. The van der Waals surface area contributed by atoms with Gasteiger partial charge >= 0.3 is 0 Å². The molecule has 0 unspecified atom stereocenters. The SMILES string of the molecule is Cc1csc([C@H](C)CNC(=O)c2c(Cl)cnn2C)n1. The van der Waals surface area contributed by atoms with E-state index < -0.39 is 0 Å². The minimum absolute atomic E-state index is 0.176. The third kappa shape index (κ3) is 3.13. The fourth-order valence-electron chi connectivity index (χ4n) is 1.68. The Kier molecular flexibility index (Phi) is 4.21. The minimum atomic E-state index is -0.217. The van der Waals surface area contributed by atoms with Crippen LogP contribution >= 0.6 is 22.9 Å². The maximum Gasteiger partial charge on any atom is 0.271 e. The molecular weight excluding hydrogens is 284 g/mol. The number of hydrogen-bond acceptors (Lipinski definition) is 4. The number of nitrogens with one attached hydrogen (secondary N) is 1. The summed E-state index contributed by atoms with van der Waals surface area (Å²) in [6.45, 7) is 4.51. The zero-order valence-electron chi connectivity index (χ0n) is 11.0. The summed E-state index contributed by atoms with van der Waals surface area (Å²) in [5.74, 6) is -0.0419. The zero-order chi connectivity index (χ0) is 14.0. The highest BCUT2D eigenvalue weighted by atomic mass is 35.5. The Morgan fingerprint density at radius 2 is 2.37 bits per heavy atom. The second-order valence-electron chi connectivity index (χ2n) is 4.40. The average molecular weight is 299 g/mol. The summed E-state index contributed by atoms with van der Waals surface area (Å²) in [6.07, 6.45) is 1.46. The van der Waals surface area contributed by atoms with E-state index in [1.807, 2.05) is 19.2 Å². The van der Waals surface area contributed by atoms with E-state index in [2.05, 4.69) is 15.4 Å². The Balaban J connectivity index is 1.97. The second kappa shape index (κ2) is 5.71. The predicted octanol–water partition coefficient (Wildman–Crippen LogP) is 2.37. The van der Waals surface area contributed by atoms with Crippen LogP contribution in [0.3, 0.4) is 0 Å². The van der Waals surface area contributed by atoms with Crippen molar-refractivity contribution < 1.29 is 4.79 Å². The smallest absolute Gasteiger partial charge is 0.271 e. The largest absolute Gasteiger partial charge is 0.350 e. The molecule has 0 fully saturated rings. The Morgan fingerprint density at radius 1 is 1.63 bits per heavy atom. The van der Waals surface area contributed by atoms with Crippen LogP contribution in [0, 0.1) is 6.92 Å². The van der Waals surface area contributed by atoms with Crippen LogP contribution in [0.15, 0.2) is 11.6 Å². The van der Waals surface area contributed by atoms with Gasteiger partial charge in [0.15, 0.2) is 0 Å². The van der Waals surface area contributed by atoms with Gasteiger partial charge < -0.3 is 5.32 Å². The highest BCUT2D eigenvalue weighted by Gasteiger charge is 2.17. The highest BCUT2D eigenvalue weighted by molar-refractivity contribution is 7.09. The number of halogens is 1. The molecule has 0 aliphatic carbocycles. The van der Waals surface area contributed by atoms with Gasteiger partial charge in [0, 0.05) is 30.6 Å². The van der Waals surface area contributed by atoms with Crippen molar-refractivity contribution >= 4 is 28.8 Å². The summed E-state index contributed by atoms with van der Waals surface area (Å²) in [4.78, 5) is 16.4. The fraction of sp³-hybridized carbons (Fsp3) is 0.417. The first-order valence-corrected chi connectivity index (χ1v) is 7.12. The van der Waals surface area contributed by atoms with Crippen LogP contribution in [0.25, 0.3) is 0 Å². The number of rotatable bonds is 4. The third-order valence-electron chi connectivity index (χ3n) is 2.74. The molecule has 0 saturated heterocycles. The van der Waals surface area contributed by atoms with Crippen molar-refractivity contribution in [1.82, 2.24) is 20.1 Å². The number of aromatic nitrogens is 3. The van der Waals surface area contributed by atoms with Crippen LogP contribution in [-0.2, 0) is 7.05 Å². The van der Waals surface area contributed by atoms with E-state index in [4.69, 9.17) is 11.6 Å². The Labute approximate surface area is 120 Å². The number of thiazole rings is 1. The quantitative estimate of drug-likeness (QED) is 0.943. The van der Waals surface area contributed by atoms with Crippen LogP contribution in [0.2, 0.25) is 5.02 Å². The van der Waals surface area contributed by atoms with Gasteiger partial charge in [-0.05, 0) is 6.92 Å². The molecule has 1 amide bonds. The molecule has 2 aromatic rings. The Morgan fingerprint density at radius 3 is 2.89 bits per heavy atom. The molecule has 1 atom stereocenters. The second-order valence-corrected chi connectivity index (χ2v) is 5.70. The first-order valence-electron chi connectivity index (χ1n) is 5.86. The van der Waals surface area contributed by atoms with Crippen molar-refractivity contribution in [3.8, 4) is 0 Å². The van der Waals surface area contributed by atoms with Gasteiger partial charge in [-0.2, -0.15) is 5.10 Å². The summed E-state index contributed by atoms with van der Waals surface area (Å²) in [6, 6.07) is 0. The van der Waals surface area contributed by atoms with Gasteiger partial charge in [0.1, 0.15) is 5.69 Å². The molecule has 102 valence electrons. The van der Waals surface area contributed by atoms with E-state index >= 15 is 0 Å². The molecule has 0 aromatic carbocycles. The van der Waals surface area contributed by atoms with Gasteiger partial charge in [-0.3, -0.25) is 9.48 Å². The van der Waals surface area contributed by atoms with Crippen molar-refractivity contribution in [3.05, 3.63) is 33.0 Å². The lowest BCUT2D eigenvalue weighted by atomic mass is 10.2. The number of nitrogens with zero attached hydrogens (tertiary/aromatic N) is 3. The van der Waals surface area contributed by atoms with Gasteiger partial charge in [-0.15, -0.1) is 11.3 Å². The van der Waals surface area contributed by atoms with Crippen LogP contribution in [0.4, 0.5) is 0 Å². The first kappa shape index (κ1) is 14.0. The summed E-state index contributed by atoms with van der Waals surface area (Å²) >= 11 is 7.53. The van der Waals surface area contributed by atoms with E-state index in [0.29, 0.717) is 17.3 Å². The van der Waals surface area contributed by atoms with Gasteiger partial charge in [-0.25, -0.2) is 4.98 Å². The van der Waals surface area contributed by atoms with Crippen molar-refractivity contribution in [2.75, 3.05) is 6.54 Å². The number of carbonyl (C=O) groups is 1. The van der Waals surface area contributed by atoms with E-state index in [0.717, 1.165) is 10.7 Å². The normalized spacial score (nSPS) is 12.4. The molecule has 0 radical (unpaired) electrons. The number of hydrogen-bond donors (Lipinski definition) is 1. The van der Waals surface area contributed by atoms with Gasteiger partial charge in [-0.1, -0.05) is 18.5 Å². The first-order chi connectivity index (χ1) is 8.99. The topological polar surface area (TPSA) is 59.8 Å². The van der Waals surface area contributed by atoms with Crippen LogP contribution < -0.4 is 5.32 Å². The standard InChI is InChI=1S/C12H15ClN4OS/c1-7(12-16-8(2)6-19-12)4-14-11(18)10-9(13)5-15-17(10)3/h5-7H,4H2,1-3H3,(H,14,18)/t7-/m1/s1. The Bertz CT molecular complexity index is 573. The maximum atomic E-state index is 12.0. The monoisotopic (exact) mass is 298 g/mol. The lowest BCUT2D eigenvalue weighted by Crippen LogP contribution is -2.29. The number of amides is 1. The molecule has 5 nitrogen and oxygen atoms in total. The molecule has 2 heterocycles. The van der Waals surface area contributed by atoms with E-state index in [1.165, 1.54) is 10.9 Å².